The molecule has 1 saturated heterocycles. The van der Waals surface area contributed by atoms with Crippen LogP contribution in [0.2, 0.25) is 0 Å². The van der Waals surface area contributed by atoms with Gasteiger partial charge in [-0.15, -0.1) is 0 Å². The minimum atomic E-state index is -3.05. The summed E-state index contributed by atoms with van der Waals surface area (Å²) in [6, 6.07) is 0.523. The van der Waals surface area contributed by atoms with Crippen molar-refractivity contribution in [3.05, 3.63) is 0 Å². The van der Waals surface area contributed by atoms with Gasteiger partial charge in [-0.05, 0) is 63.2 Å². The second-order valence-electron chi connectivity index (χ2n) is 8.33. The summed E-state index contributed by atoms with van der Waals surface area (Å²) in [7, 11) is -3.05. The molecule has 0 unspecified atom stereocenters. The molecule has 0 radical (unpaired) electrons. The van der Waals surface area contributed by atoms with Crippen molar-refractivity contribution >= 4 is 16.0 Å². The Morgan fingerprint density at radius 2 is 1.73 bits per heavy atom. The molecule has 0 bridgehead atoms. The average molecular weight is 387 g/mol. The summed E-state index contributed by atoms with van der Waals surface area (Å²) < 4.78 is 24.8. The first-order chi connectivity index (χ1) is 12.3. The lowest BCUT2D eigenvalue weighted by Crippen LogP contribution is -2.45. The molecule has 0 atom stereocenters. The van der Waals surface area contributed by atoms with Crippen molar-refractivity contribution in [2.45, 2.75) is 65.3 Å². The van der Waals surface area contributed by atoms with Gasteiger partial charge in [0.2, 0.25) is 10.0 Å². The van der Waals surface area contributed by atoms with Gasteiger partial charge >= 0.3 is 0 Å². The monoisotopic (exact) mass is 386 g/mol. The molecule has 0 amide bonds. The zero-order chi connectivity index (χ0) is 19.2. The molecule has 0 aromatic carbocycles. The molecule has 2 aliphatic rings. The van der Waals surface area contributed by atoms with E-state index in [0.717, 1.165) is 43.7 Å². The lowest BCUT2D eigenvalue weighted by atomic mass is 9.80. The highest BCUT2D eigenvalue weighted by molar-refractivity contribution is 7.88. The van der Waals surface area contributed by atoms with E-state index in [2.05, 4.69) is 31.4 Å². The maximum absolute atomic E-state index is 11.6. The quantitative estimate of drug-likeness (QED) is 0.543. The van der Waals surface area contributed by atoms with Crippen LogP contribution in [0, 0.1) is 17.8 Å². The number of guanidine groups is 1. The maximum atomic E-state index is 11.6. The lowest BCUT2D eigenvalue weighted by molar-refractivity contribution is 0.249. The first-order valence-corrected chi connectivity index (χ1v) is 12.1. The minimum absolute atomic E-state index is 0.472. The molecule has 1 aliphatic heterocycles. The van der Waals surface area contributed by atoms with Gasteiger partial charge in [-0.3, -0.25) is 4.99 Å². The predicted octanol–water partition coefficient (Wildman–Crippen LogP) is 2.43. The maximum Gasteiger partial charge on any atom is 0.211 e. The average Bonchev–Trinajstić information content (AvgIpc) is 2.60. The van der Waals surface area contributed by atoms with Crippen molar-refractivity contribution < 1.29 is 8.42 Å². The van der Waals surface area contributed by atoms with Crippen LogP contribution in [-0.4, -0.2) is 57.2 Å². The van der Waals surface area contributed by atoms with Crippen molar-refractivity contribution in [2.75, 3.05) is 32.4 Å². The molecule has 1 heterocycles. The van der Waals surface area contributed by atoms with Crippen LogP contribution in [0.15, 0.2) is 4.99 Å². The van der Waals surface area contributed by atoms with E-state index in [0.29, 0.717) is 25.0 Å². The summed E-state index contributed by atoms with van der Waals surface area (Å²) in [6.45, 7) is 9.65. The number of piperidine rings is 1. The van der Waals surface area contributed by atoms with Gasteiger partial charge in [-0.25, -0.2) is 12.7 Å². The molecule has 1 aliphatic carbocycles. The van der Waals surface area contributed by atoms with Crippen LogP contribution in [0.3, 0.4) is 0 Å². The van der Waals surface area contributed by atoms with E-state index in [1.165, 1.54) is 31.9 Å². The van der Waals surface area contributed by atoms with Crippen LogP contribution in [0.4, 0.5) is 0 Å². The van der Waals surface area contributed by atoms with Gasteiger partial charge in [0.1, 0.15) is 0 Å². The smallest absolute Gasteiger partial charge is 0.211 e. The molecule has 2 N–H and O–H groups in total. The Morgan fingerprint density at radius 3 is 2.23 bits per heavy atom. The number of rotatable bonds is 6. The first-order valence-electron chi connectivity index (χ1n) is 10.3. The highest BCUT2D eigenvalue weighted by Crippen LogP contribution is 2.29. The Labute approximate surface area is 160 Å². The van der Waals surface area contributed by atoms with Gasteiger partial charge in [0.25, 0.3) is 0 Å². The topological polar surface area (TPSA) is 73.8 Å². The molecule has 152 valence electrons. The fourth-order valence-corrected chi connectivity index (χ4v) is 4.96. The van der Waals surface area contributed by atoms with Gasteiger partial charge in [-0.1, -0.05) is 13.8 Å². The van der Waals surface area contributed by atoms with E-state index in [4.69, 9.17) is 4.99 Å². The highest BCUT2D eigenvalue weighted by Gasteiger charge is 2.26. The van der Waals surface area contributed by atoms with Crippen LogP contribution in [0.5, 0.6) is 0 Å². The summed E-state index contributed by atoms with van der Waals surface area (Å²) >= 11 is 0. The molecule has 6 nitrogen and oxygen atoms in total. The zero-order valence-electron chi connectivity index (χ0n) is 17.0. The third-order valence-electron chi connectivity index (χ3n) is 5.95. The second kappa shape index (κ2) is 9.93. The molecule has 0 aromatic heterocycles. The largest absolute Gasteiger partial charge is 0.357 e. The van der Waals surface area contributed by atoms with Crippen LogP contribution >= 0.6 is 0 Å². The normalized spacial score (nSPS) is 26.9. The number of nitrogens with zero attached hydrogens (tertiary/aromatic N) is 2. The SMILES string of the molecule is CCNC(=NCC1CCN(S(C)(=O)=O)CC1)NC1CCC(C(C)C)CC1. The number of hydrogen-bond donors (Lipinski definition) is 2. The van der Waals surface area contributed by atoms with Gasteiger partial charge in [0, 0.05) is 32.2 Å². The Balaban J connectivity index is 1.80. The van der Waals surface area contributed by atoms with E-state index in [1.807, 2.05) is 0 Å². The Bertz CT molecular complexity index is 546. The Morgan fingerprint density at radius 1 is 1.12 bits per heavy atom. The summed E-state index contributed by atoms with van der Waals surface area (Å²) in [5, 5.41) is 6.99. The lowest BCUT2D eigenvalue weighted by Gasteiger charge is -2.32. The molecule has 26 heavy (non-hydrogen) atoms. The zero-order valence-corrected chi connectivity index (χ0v) is 17.8. The molecule has 0 spiro atoms. The van der Waals surface area contributed by atoms with Crippen LogP contribution < -0.4 is 10.6 Å². The van der Waals surface area contributed by atoms with E-state index < -0.39 is 10.0 Å². The van der Waals surface area contributed by atoms with Crippen molar-refractivity contribution in [3.8, 4) is 0 Å². The predicted molar refractivity (Wildman–Crippen MR) is 109 cm³/mol. The summed E-state index contributed by atoms with van der Waals surface area (Å²) in [5.74, 6) is 3.05. The van der Waals surface area contributed by atoms with Crippen LogP contribution in [-0.2, 0) is 10.0 Å². The fourth-order valence-electron chi connectivity index (χ4n) is 4.09. The van der Waals surface area contributed by atoms with Crippen molar-refractivity contribution in [1.82, 2.24) is 14.9 Å². The van der Waals surface area contributed by atoms with Crippen molar-refractivity contribution in [2.24, 2.45) is 22.7 Å². The first kappa shape index (κ1) is 21.5. The highest BCUT2D eigenvalue weighted by atomic mass is 32.2. The second-order valence-corrected chi connectivity index (χ2v) is 10.3. The standard InChI is InChI=1S/C19H38N4O2S/c1-5-20-19(22-18-8-6-17(7-9-18)15(2)3)21-14-16-10-12-23(13-11-16)26(4,24)25/h15-18H,5-14H2,1-4H3,(H2,20,21,22). The Kier molecular flexibility index (Phi) is 8.20. The van der Waals surface area contributed by atoms with E-state index in [9.17, 15) is 8.42 Å². The molecule has 7 heteroatoms. The number of aliphatic imine (C=N–C) groups is 1. The number of nitrogens with one attached hydrogen (secondary N) is 2. The summed E-state index contributed by atoms with van der Waals surface area (Å²) in [6.07, 6.45) is 8.15. The van der Waals surface area contributed by atoms with Gasteiger partial charge in [0.05, 0.1) is 6.26 Å². The fraction of sp³-hybridized carbons (Fsp3) is 0.947. The van der Waals surface area contributed by atoms with E-state index in [-0.39, 0.29) is 0 Å². The van der Waals surface area contributed by atoms with Crippen molar-refractivity contribution in [3.63, 3.8) is 0 Å². The van der Waals surface area contributed by atoms with Crippen LogP contribution in [0.25, 0.3) is 0 Å². The molecule has 2 rings (SSSR count). The molecular formula is C19H38N4O2S. The van der Waals surface area contributed by atoms with Gasteiger partial charge < -0.3 is 10.6 Å². The summed E-state index contributed by atoms with van der Waals surface area (Å²) in [4.78, 5) is 4.80. The number of sulfonamides is 1. The molecule has 1 saturated carbocycles. The van der Waals surface area contributed by atoms with E-state index in [1.54, 1.807) is 4.31 Å². The minimum Gasteiger partial charge on any atom is -0.357 e. The van der Waals surface area contributed by atoms with Gasteiger partial charge in [-0.2, -0.15) is 0 Å². The summed E-state index contributed by atoms with van der Waals surface area (Å²) in [5.41, 5.74) is 0. The van der Waals surface area contributed by atoms with Gasteiger partial charge in [0.15, 0.2) is 5.96 Å². The van der Waals surface area contributed by atoms with Crippen LogP contribution in [0.1, 0.15) is 59.3 Å². The molecule has 2 fully saturated rings. The molecular weight excluding hydrogens is 348 g/mol. The molecule has 0 aromatic rings. The third kappa shape index (κ3) is 6.72. The number of hydrogen-bond acceptors (Lipinski definition) is 3. The van der Waals surface area contributed by atoms with Crippen molar-refractivity contribution in [1.29, 1.82) is 0 Å². The third-order valence-corrected chi connectivity index (χ3v) is 7.25. The van der Waals surface area contributed by atoms with E-state index >= 15 is 0 Å². The Hall–Kier alpha value is -0.820.